The molecule has 3 heteroatoms. The van der Waals surface area contributed by atoms with Gasteiger partial charge < -0.3 is 14.6 Å². The van der Waals surface area contributed by atoms with Gasteiger partial charge in [-0.05, 0) is 18.8 Å². The Balaban J connectivity index is 1.98. The molecule has 1 saturated heterocycles. The zero-order valence-corrected chi connectivity index (χ0v) is 8.38. The SMILES string of the molecule is CCC1(CC2(O)CC2C)OCCO1. The number of ether oxygens (including phenoxy) is 2. The quantitative estimate of drug-likeness (QED) is 0.722. The fourth-order valence-corrected chi connectivity index (χ4v) is 2.11. The largest absolute Gasteiger partial charge is 0.389 e. The van der Waals surface area contributed by atoms with Crippen LogP contribution in [0.25, 0.3) is 0 Å². The van der Waals surface area contributed by atoms with Crippen molar-refractivity contribution in [3.8, 4) is 0 Å². The minimum Gasteiger partial charge on any atom is -0.389 e. The Bertz CT molecular complexity index is 198. The van der Waals surface area contributed by atoms with Crippen molar-refractivity contribution >= 4 is 0 Å². The first-order valence-corrected chi connectivity index (χ1v) is 5.10. The van der Waals surface area contributed by atoms with Gasteiger partial charge in [-0.15, -0.1) is 0 Å². The summed E-state index contributed by atoms with van der Waals surface area (Å²) in [4.78, 5) is 0. The summed E-state index contributed by atoms with van der Waals surface area (Å²) in [6.45, 7) is 5.44. The molecule has 1 N–H and O–H groups in total. The minimum atomic E-state index is -0.514. The molecule has 1 aliphatic heterocycles. The first-order chi connectivity index (χ1) is 6.10. The predicted octanol–water partition coefficient (Wildman–Crippen LogP) is 1.30. The normalized spacial score (nSPS) is 42.2. The molecule has 1 heterocycles. The van der Waals surface area contributed by atoms with Crippen LogP contribution in [-0.4, -0.2) is 29.7 Å². The first kappa shape index (κ1) is 9.44. The van der Waals surface area contributed by atoms with Crippen LogP contribution in [-0.2, 0) is 9.47 Å². The maximum absolute atomic E-state index is 9.99. The minimum absolute atomic E-state index is 0.406. The highest BCUT2D eigenvalue weighted by molar-refractivity contribution is 5.04. The van der Waals surface area contributed by atoms with E-state index in [-0.39, 0.29) is 0 Å². The first-order valence-electron chi connectivity index (χ1n) is 5.10. The lowest BCUT2D eigenvalue weighted by atomic mass is 10.0. The summed E-state index contributed by atoms with van der Waals surface area (Å²) < 4.78 is 11.1. The molecule has 2 unspecified atom stereocenters. The van der Waals surface area contributed by atoms with Gasteiger partial charge in [0.25, 0.3) is 0 Å². The predicted molar refractivity (Wildman–Crippen MR) is 48.3 cm³/mol. The van der Waals surface area contributed by atoms with Gasteiger partial charge in [0.1, 0.15) is 0 Å². The van der Waals surface area contributed by atoms with Crippen molar-refractivity contribution in [3.05, 3.63) is 0 Å². The average Bonchev–Trinajstić information content (AvgIpc) is 2.53. The summed E-state index contributed by atoms with van der Waals surface area (Å²) in [5.74, 6) is -0.0804. The van der Waals surface area contributed by atoms with E-state index < -0.39 is 11.4 Å². The van der Waals surface area contributed by atoms with Gasteiger partial charge in [0, 0.05) is 6.42 Å². The van der Waals surface area contributed by atoms with E-state index in [1.54, 1.807) is 0 Å². The number of hydrogen-bond acceptors (Lipinski definition) is 3. The molecule has 0 aromatic heterocycles. The van der Waals surface area contributed by atoms with Crippen LogP contribution >= 0.6 is 0 Å². The zero-order valence-electron chi connectivity index (χ0n) is 8.38. The van der Waals surface area contributed by atoms with Crippen molar-refractivity contribution < 1.29 is 14.6 Å². The maximum Gasteiger partial charge on any atom is 0.170 e. The molecule has 0 aromatic carbocycles. The summed E-state index contributed by atoms with van der Waals surface area (Å²) in [6.07, 6.45) is 2.35. The topological polar surface area (TPSA) is 38.7 Å². The van der Waals surface area contributed by atoms with Crippen molar-refractivity contribution in [2.45, 2.75) is 44.5 Å². The summed E-state index contributed by atoms with van der Waals surface area (Å²) in [7, 11) is 0. The van der Waals surface area contributed by atoms with Crippen molar-refractivity contribution in [1.82, 2.24) is 0 Å². The Morgan fingerprint density at radius 3 is 2.31 bits per heavy atom. The Hall–Kier alpha value is -0.120. The Labute approximate surface area is 79.0 Å². The monoisotopic (exact) mass is 186 g/mol. The van der Waals surface area contributed by atoms with Crippen LogP contribution in [0.15, 0.2) is 0 Å². The van der Waals surface area contributed by atoms with Crippen LogP contribution in [0.1, 0.15) is 33.1 Å². The molecule has 1 saturated carbocycles. The smallest absolute Gasteiger partial charge is 0.170 e. The third-order valence-corrected chi connectivity index (χ3v) is 3.34. The van der Waals surface area contributed by atoms with E-state index in [0.717, 1.165) is 12.8 Å². The van der Waals surface area contributed by atoms with E-state index in [4.69, 9.17) is 9.47 Å². The second-order valence-electron chi connectivity index (χ2n) is 4.35. The van der Waals surface area contributed by atoms with Gasteiger partial charge in [0.2, 0.25) is 0 Å². The highest BCUT2D eigenvalue weighted by atomic mass is 16.7. The molecule has 13 heavy (non-hydrogen) atoms. The van der Waals surface area contributed by atoms with Gasteiger partial charge in [-0.1, -0.05) is 13.8 Å². The van der Waals surface area contributed by atoms with Crippen LogP contribution < -0.4 is 0 Å². The molecule has 0 radical (unpaired) electrons. The highest BCUT2D eigenvalue weighted by Gasteiger charge is 2.55. The second-order valence-corrected chi connectivity index (χ2v) is 4.35. The Kier molecular flexibility index (Phi) is 2.13. The van der Waals surface area contributed by atoms with Gasteiger partial charge in [-0.2, -0.15) is 0 Å². The van der Waals surface area contributed by atoms with Gasteiger partial charge in [0.15, 0.2) is 5.79 Å². The molecular formula is C10H18O3. The summed E-state index contributed by atoms with van der Waals surface area (Å²) in [6, 6.07) is 0. The second kappa shape index (κ2) is 2.94. The van der Waals surface area contributed by atoms with Crippen LogP contribution in [0, 0.1) is 5.92 Å². The number of rotatable bonds is 3. The summed E-state index contributed by atoms with van der Waals surface area (Å²) in [5, 5.41) is 9.99. The van der Waals surface area contributed by atoms with Gasteiger partial charge in [-0.25, -0.2) is 0 Å². The fourth-order valence-electron chi connectivity index (χ4n) is 2.11. The van der Waals surface area contributed by atoms with E-state index in [9.17, 15) is 5.11 Å². The lowest BCUT2D eigenvalue weighted by Crippen LogP contribution is -2.35. The third-order valence-electron chi connectivity index (χ3n) is 3.34. The molecule has 1 aliphatic carbocycles. The van der Waals surface area contributed by atoms with Crippen LogP contribution in [0.2, 0.25) is 0 Å². The van der Waals surface area contributed by atoms with Crippen LogP contribution in [0.4, 0.5) is 0 Å². The van der Waals surface area contributed by atoms with Gasteiger partial charge in [0.05, 0.1) is 18.8 Å². The van der Waals surface area contributed by atoms with Crippen molar-refractivity contribution in [2.24, 2.45) is 5.92 Å². The molecular weight excluding hydrogens is 168 g/mol. The third kappa shape index (κ3) is 1.60. The summed E-state index contributed by atoms with van der Waals surface area (Å²) >= 11 is 0. The molecule has 76 valence electrons. The maximum atomic E-state index is 9.99. The van der Waals surface area contributed by atoms with Crippen molar-refractivity contribution in [2.75, 3.05) is 13.2 Å². The number of aliphatic hydroxyl groups is 1. The van der Waals surface area contributed by atoms with E-state index in [1.165, 1.54) is 0 Å². The van der Waals surface area contributed by atoms with Crippen molar-refractivity contribution in [3.63, 3.8) is 0 Å². The van der Waals surface area contributed by atoms with E-state index in [1.807, 2.05) is 6.92 Å². The molecule has 0 amide bonds. The molecule has 2 atom stereocenters. The molecule has 2 aliphatic rings. The molecule has 2 rings (SSSR count). The molecule has 2 fully saturated rings. The standard InChI is InChI=1S/C10H18O3/c1-3-10(12-4-5-13-10)7-9(11)6-8(9)2/h8,11H,3-7H2,1-2H3. The van der Waals surface area contributed by atoms with Crippen molar-refractivity contribution in [1.29, 1.82) is 0 Å². The zero-order chi connectivity index (χ0) is 9.53. The Morgan fingerprint density at radius 2 is 1.92 bits per heavy atom. The molecule has 3 nitrogen and oxygen atoms in total. The molecule has 0 spiro atoms. The molecule has 0 aromatic rings. The lowest BCUT2D eigenvalue weighted by Gasteiger charge is -2.28. The van der Waals surface area contributed by atoms with Gasteiger partial charge in [-0.3, -0.25) is 0 Å². The van der Waals surface area contributed by atoms with E-state index in [0.29, 0.717) is 25.6 Å². The van der Waals surface area contributed by atoms with Gasteiger partial charge >= 0.3 is 0 Å². The van der Waals surface area contributed by atoms with Crippen LogP contribution in [0.5, 0.6) is 0 Å². The van der Waals surface area contributed by atoms with Crippen LogP contribution in [0.3, 0.4) is 0 Å². The summed E-state index contributed by atoms with van der Waals surface area (Å²) in [5.41, 5.74) is -0.514. The lowest BCUT2D eigenvalue weighted by molar-refractivity contribution is -0.183. The van der Waals surface area contributed by atoms with E-state index in [2.05, 4.69) is 6.92 Å². The highest BCUT2D eigenvalue weighted by Crippen LogP contribution is 2.50. The molecule has 0 bridgehead atoms. The average molecular weight is 186 g/mol. The Morgan fingerprint density at radius 1 is 1.38 bits per heavy atom. The van der Waals surface area contributed by atoms with E-state index >= 15 is 0 Å². The number of hydrogen-bond donors (Lipinski definition) is 1. The fraction of sp³-hybridized carbons (Fsp3) is 1.00.